The topological polar surface area (TPSA) is 49.3 Å². The van der Waals surface area contributed by atoms with Gasteiger partial charge in [-0.05, 0) is 38.3 Å². The molecule has 0 unspecified atom stereocenters. The van der Waals surface area contributed by atoms with Crippen molar-refractivity contribution in [3.63, 3.8) is 0 Å². The first-order valence-electron chi connectivity index (χ1n) is 7.24. The number of aliphatic hydroxyl groups excluding tert-OH is 1. The maximum absolute atomic E-state index is 12.0. The SMILES string of the molecule is Cc1ccc(C)c(SCC(=O)N[C@H]2CCCC[C@@H]2O)c1. The van der Waals surface area contributed by atoms with E-state index in [-0.39, 0.29) is 18.1 Å². The van der Waals surface area contributed by atoms with Crippen molar-refractivity contribution >= 4 is 17.7 Å². The zero-order valence-corrected chi connectivity index (χ0v) is 13.0. The Kier molecular flexibility index (Phi) is 5.49. The molecule has 4 heteroatoms. The van der Waals surface area contributed by atoms with Gasteiger partial charge in [0.1, 0.15) is 0 Å². The Hall–Kier alpha value is -1.00. The van der Waals surface area contributed by atoms with Gasteiger partial charge in [-0.2, -0.15) is 0 Å². The summed E-state index contributed by atoms with van der Waals surface area (Å²) in [6.07, 6.45) is 3.46. The fourth-order valence-electron chi connectivity index (χ4n) is 2.53. The molecule has 3 nitrogen and oxygen atoms in total. The van der Waals surface area contributed by atoms with Crippen LogP contribution in [0.2, 0.25) is 0 Å². The fraction of sp³-hybridized carbons (Fsp3) is 0.562. The van der Waals surface area contributed by atoms with E-state index in [1.807, 2.05) is 0 Å². The number of aliphatic hydroxyl groups is 1. The lowest BCUT2D eigenvalue weighted by atomic mass is 9.93. The number of rotatable bonds is 4. The monoisotopic (exact) mass is 293 g/mol. The van der Waals surface area contributed by atoms with Crippen LogP contribution in [0.15, 0.2) is 23.1 Å². The summed E-state index contributed by atoms with van der Waals surface area (Å²) in [5.41, 5.74) is 2.41. The average Bonchev–Trinajstić information content (AvgIpc) is 2.42. The van der Waals surface area contributed by atoms with Gasteiger partial charge in [-0.3, -0.25) is 4.79 Å². The zero-order valence-electron chi connectivity index (χ0n) is 12.2. The van der Waals surface area contributed by atoms with E-state index in [2.05, 4.69) is 37.4 Å². The van der Waals surface area contributed by atoms with Gasteiger partial charge in [0.15, 0.2) is 0 Å². The van der Waals surface area contributed by atoms with E-state index in [0.29, 0.717) is 5.75 Å². The Morgan fingerprint density at radius 1 is 1.35 bits per heavy atom. The lowest BCUT2D eigenvalue weighted by Crippen LogP contribution is -2.45. The highest BCUT2D eigenvalue weighted by molar-refractivity contribution is 8.00. The van der Waals surface area contributed by atoms with Crippen molar-refractivity contribution in [3.8, 4) is 0 Å². The van der Waals surface area contributed by atoms with Crippen molar-refractivity contribution in [1.82, 2.24) is 5.32 Å². The van der Waals surface area contributed by atoms with E-state index in [0.717, 1.165) is 30.6 Å². The van der Waals surface area contributed by atoms with Crippen molar-refractivity contribution < 1.29 is 9.90 Å². The normalized spacial score (nSPS) is 22.6. The molecule has 0 bridgehead atoms. The van der Waals surface area contributed by atoms with Gasteiger partial charge in [-0.15, -0.1) is 11.8 Å². The third-order valence-corrected chi connectivity index (χ3v) is 4.94. The van der Waals surface area contributed by atoms with E-state index in [9.17, 15) is 9.90 Å². The van der Waals surface area contributed by atoms with Crippen LogP contribution < -0.4 is 5.32 Å². The van der Waals surface area contributed by atoms with Crippen LogP contribution >= 0.6 is 11.8 Å². The third-order valence-electron chi connectivity index (χ3n) is 3.78. The first kappa shape index (κ1) is 15.4. The number of hydrogen-bond acceptors (Lipinski definition) is 3. The van der Waals surface area contributed by atoms with E-state index in [1.54, 1.807) is 11.8 Å². The fourth-order valence-corrected chi connectivity index (χ4v) is 3.47. The molecule has 1 aromatic rings. The molecule has 1 aliphatic rings. The molecule has 20 heavy (non-hydrogen) atoms. The smallest absolute Gasteiger partial charge is 0.230 e. The van der Waals surface area contributed by atoms with E-state index >= 15 is 0 Å². The van der Waals surface area contributed by atoms with Gasteiger partial charge in [-0.1, -0.05) is 30.5 Å². The van der Waals surface area contributed by atoms with Crippen LogP contribution in [-0.2, 0) is 4.79 Å². The Morgan fingerprint density at radius 2 is 2.10 bits per heavy atom. The number of carbonyl (C=O) groups is 1. The van der Waals surface area contributed by atoms with Gasteiger partial charge in [0.2, 0.25) is 5.91 Å². The number of carbonyl (C=O) groups excluding carboxylic acids is 1. The predicted molar refractivity (Wildman–Crippen MR) is 83.0 cm³/mol. The van der Waals surface area contributed by atoms with Crippen molar-refractivity contribution in [2.24, 2.45) is 0 Å². The summed E-state index contributed by atoms with van der Waals surface area (Å²) in [4.78, 5) is 13.1. The number of hydrogen-bond donors (Lipinski definition) is 2. The highest BCUT2D eigenvalue weighted by atomic mass is 32.2. The molecule has 1 amide bonds. The second kappa shape index (κ2) is 7.14. The number of benzene rings is 1. The molecule has 0 radical (unpaired) electrons. The molecule has 2 rings (SSSR count). The van der Waals surface area contributed by atoms with Crippen LogP contribution in [0.1, 0.15) is 36.8 Å². The lowest BCUT2D eigenvalue weighted by molar-refractivity contribution is -0.120. The van der Waals surface area contributed by atoms with Crippen LogP contribution in [0.4, 0.5) is 0 Å². The molecule has 0 spiro atoms. The Balaban J connectivity index is 1.84. The van der Waals surface area contributed by atoms with Crippen LogP contribution in [0.25, 0.3) is 0 Å². The zero-order chi connectivity index (χ0) is 14.5. The standard InChI is InChI=1S/C16H23NO2S/c1-11-7-8-12(2)15(9-11)20-10-16(19)17-13-5-3-4-6-14(13)18/h7-9,13-14,18H,3-6,10H2,1-2H3,(H,17,19)/t13-,14-/m0/s1. The van der Waals surface area contributed by atoms with Crippen molar-refractivity contribution in [3.05, 3.63) is 29.3 Å². The minimum atomic E-state index is -0.376. The molecule has 2 atom stereocenters. The molecule has 2 N–H and O–H groups in total. The van der Waals surface area contributed by atoms with Gasteiger partial charge in [0, 0.05) is 4.90 Å². The first-order valence-corrected chi connectivity index (χ1v) is 8.22. The van der Waals surface area contributed by atoms with Crippen molar-refractivity contribution in [2.45, 2.75) is 56.6 Å². The molecule has 0 heterocycles. The van der Waals surface area contributed by atoms with Crippen LogP contribution in [0.3, 0.4) is 0 Å². The summed E-state index contributed by atoms with van der Waals surface area (Å²) < 4.78 is 0. The van der Waals surface area contributed by atoms with E-state index in [1.165, 1.54) is 11.1 Å². The molecular weight excluding hydrogens is 270 g/mol. The largest absolute Gasteiger partial charge is 0.391 e. The summed E-state index contributed by atoms with van der Waals surface area (Å²) in [5.74, 6) is 0.426. The molecule has 0 aliphatic heterocycles. The maximum atomic E-state index is 12.0. The summed E-state index contributed by atoms with van der Waals surface area (Å²) in [5, 5.41) is 12.8. The Morgan fingerprint density at radius 3 is 2.85 bits per heavy atom. The maximum Gasteiger partial charge on any atom is 0.230 e. The molecule has 1 fully saturated rings. The molecule has 0 saturated heterocycles. The second-order valence-electron chi connectivity index (χ2n) is 5.58. The minimum absolute atomic E-state index is 0.0156. The molecular formula is C16H23NO2S. The number of amides is 1. The molecule has 1 aliphatic carbocycles. The van der Waals surface area contributed by atoms with Gasteiger partial charge >= 0.3 is 0 Å². The summed E-state index contributed by atoms with van der Waals surface area (Å²) in [7, 11) is 0. The molecule has 1 aromatic carbocycles. The van der Waals surface area contributed by atoms with Crippen LogP contribution in [0.5, 0.6) is 0 Å². The van der Waals surface area contributed by atoms with Gasteiger partial charge in [-0.25, -0.2) is 0 Å². The average molecular weight is 293 g/mol. The van der Waals surface area contributed by atoms with Crippen LogP contribution in [-0.4, -0.2) is 28.9 Å². The predicted octanol–water partition coefficient (Wildman–Crippen LogP) is 2.82. The first-order chi connectivity index (χ1) is 9.56. The third kappa shape index (κ3) is 4.25. The minimum Gasteiger partial charge on any atom is -0.391 e. The molecule has 0 aromatic heterocycles. The summed E-state index contributed by atoms with van der Waals surface area (Å²) in [6.45, 7) is 4.12. The summed E-state index contributed by atoms with van der Waals surface area (Å²) in [6, 6.07) is 6.22. The van der Waals surface area contributed by atoms with Gasteiger partial charge in [0.05, 0.1) is 17.9 Å². The molecule has 110 valence electrons. The van der Waals surface area contributed by atoms with Crippen molar-refractivity contribution in [1.29, 1.82) is 0 Å². The number of thioether (sulfide) groups is 1. The Bertz CT molecular complexity index is 476. The van der Waals surface area contributed by atoms with Crippen LogP contribution in [0, 0.1) is 13.8 Å². The van der Waals surface area contributed by atoms with Crippen molar-refractivity contribution in [2.75, 3.05) is 5.75 Å². The Labute approximate surface area is 125 Å². The second-order valence-corrected chi connectivity index (χ2v) is 6.60. The highest BCUT2D eigenvalue weighted by Crippen LogP contribution is 2.24. The highest BCUT2D eigenvalue weighted by Gasteiger charge is 2.24. The van der Waals surface area contributed by atoms with Gasteiger partial charge in [0.25, 0.3) is 0 Å². The number of nitrogens with one attached hydrogen (secondary N) is 1. The quantitative estimate of drug-likeness (QED) is 0.839. The number of aryl methyl sites for hydroxylation is 2. The summed E-state index contributed by atoms with van der Waals surface area (Å²) >= 11 is 1.57. The molecule has 1 saturated carbocycles. The van der Waals surface area contributed by atoms with E-state index < -0.39 is 0 Å². The van der Waals surface area contributed by atoms with E-state index in [4.69, 9.17) is 0 Å². The lowest BCUT2D eigenvalue weighted by Gasteiger charge is -2.28. The van der Waals surface area contributed by atoms with Gasteiger partial charge < -0.3 is 10.4 Å².